The third kappa shape index (κ3) is 13.3. The van der Waals surface area contributed by atoms with E-state index in [2.05, 4.69) is 133 Å². The van der Waals surface area contributed by atoms with E-state index in [1.807, 2.05) is 60.7 Å². The first kappa shape index (κ1) is 49.8. The van der Waals surface area contributed by atoms with E-state index in [9.17, 15) is 0 Å². The zero-order valence-corrected chi connectivity index (χ0v) is 41.7. The Morgan fingerprint density at radius 2 is 0.900 bits per heavy atom. The fraction of sp³-hybridized carbons (Fsp3) is 0.208. The second kappa shape index (κ2) is 22.0. The van der Waals surface area contributed by atoms with Crippen molar-refractivity contribution in [2.45, 2.75) is 71.6 Å². The van der Waals surface area contributed by atoms with E-state index in [1.54, 1.807) is 0 Å². The number of rotatable bonds is 6. The van der Waals surface area contributed by atoms with Crippen LogP contribution in [0.25, 0.3) is 43.8 Å². The van der Waals surface area contributed by atoms with E-state index in [-0.39, 0.29) is 35.6 Å². The van der Waals surface area contributed by atoms with Crippen molar-refractivity contribution in [3.05, 3.63) is 194 Å². The number of fused-ring (bicyclic) bond motifs is 3. The Balaban J connectivity index is 0.000000265. The molecule has 0 radical (unpaired) electrons. The second-order valence-corrected chi connectivity index (χ2v) is 20.3. The molecule has 0 bridgehead atoms. The Morgan fingerprint density at radius 3 is 1.18 bits per heavy atom. The van der Waals surface area contributed by atoms with Gasteiger partial charge in [0.15, 0.2) is 0 Å². The molecular formula is C53H48Cl6Zr-2. The minimum Gasteiger partial charge on any atom is -1.00 e. The molecule has 0 nitrogen and oxygen atoms in total. The summed E-state index contributed by atoms with van der Waals surface area (Å²) in [5.74, 6) is 0. The van der Waals surface area contributed by atoms with Gasteiger partial charge in [0.2, 0.25) is 0 Å². The molecule has 0 N–H and O–H groups in total. The van der Waals surface area contributed by atoms with Crippen LogP contribution in [0.2, 0.25) is 20.1 Å². The first-order chi connectivity index (χ1) is 27.5. The average Bonchev–Trinajstić information content (AvgIpc) is 3.88. The Labute approximate surface area is 404 Å². The number of benzene rings is 6. The standard InChI is InChI=1S/C33H31Cl2.C15H12Cl2.C5H5.2ClH.Zr/c1-32(2,3)30-18-26-22(16-28(30)20-7-11-24(34)12-8-20)15-23-17-29(21-9-13-25(35)14-10-21)31(19-27(23)26)33(4,5)6;16-14-8-4-12(5-9-14)2-1-3-13-6-10-15(17)11-7-13;1-2-4-5-3-1;;;/h7-19H,1-6H3;4-11H,2-3H2;1-3H,4H2;2*1H;/q-1;;-1;;;+2/p-2. The van der Waals surface area contributed by atoms with Gasteiger partial charge >= 0.3 is 133 Å². The van der Waals surface area contributed by atoms with Gasteiger partial charge in [0.05, 0.1) is 0 Å². The van der Waals surface area contributed by atoms with Crippen LogP contribution in [-0.2, 0) is 47.9 Å². The molecule has 0 aliphatic heterocycles. The first-order valence-corrected chi connectivity index (χ1v) is 22.3. The predicted molar refractivity (Wildman–Crippen MR) is 252 cm³/mol. The molecule has 8 rings (SSSR count). The molecule has 0 heterocycles. The van der Waals surface area contributed by atoms with Crippen LogP contribution in [0.15, 0.2) is 146 Å². The van der Waals surface area contributed by atoms with Gasteiger partial charge in [-0.2, -0.15) is 6.08 Å². The maximum Gasteiger partial charge on any atom is -0.109 e. The van der Waals surface area contributed by atoms with E-state index >= 15 is 0 Å². The zero-order valence-electron chi connectivity index (χ0n) is 34.7. The third-order valence-corrected chi connectivity index (χ3v) is 12.0. The minimum absolute atomic E-state index is 0. The molecule has 0 unspecified atom stereocenters. The normalized spacial score (nSPS) is 11.9. The van der Waals surface area contributed by atoms with Crippen molar-refractivity contribution in [2.24, 2.45) is 0 Å². The Hall–Kier alpha value is -2.84. The van der Waals surface area contributed by atoms with Gasteiger partial charge in [0.25, 0.3) is 0 Å². The topological polar surface area (TPSA) is 0 Å². The van der Waals surface area contributed by atoms with Crippen molar-refractivity contribution < 1.29 is 49.0 Å². The van der Waals surface area contributed by atoms with Crippen LogP contribution >= 0.6 is 46.4 Å². The molecule has 0 atom stereocenters. The van der Waals surface area contributed by atoms with Crippen molar-refractivity contribution in [1.82, 2.24) is 0 Å². The van der Waals surface area contributed by atoms with Crippen LogP contribution in [0.1, 0.15) is 70.2 Å². The summed E-state index contributed by atoms with van der Waals surface area (Å²) in [6, 6.07) is 44.4. The molecular weight excluding hydrogens is 941 g/mol. The molecule has 1 aliphatic carbocycles. The van der Waals surface area contributed by atoms with Gasteiger partial charge in [-0.1, -0.05) is 101 Å². The summed E-state index contributed by atoms with van der Waals surface area (Å²) < 4.78 is 1.52. The first-order valence-electron chi connectivity index (χ1n) is 19.6. The van der Waals surface area contributed by atoms with Gasteiger partial charge in [-0.3, -0.25) is 6.08 Å². The van der Waals surface area contributed by atoms with Crippen molar-refractivity contribution in [3.63, 3.8) is 0 Å². The SMILES string of the molecule is CC(C)(C)c1cc2c(cc1-c1ccc(Cl)cc1)[cH-]c1cc(-c3ccc(Cl)cc3)c(C(C)(C)C)cc12.Clc1ccc(C[C](=[Zr+2])Cc2ccc(Cl)cc2)cc1.[C-]1=CC=CC1.[Cl-].[Cl-]. The van der Waals surface area contributed by atoms with Crippen LogP contribution in [0.3, 0.4) is 0 Å². The van der Waals surface area contributed by atoms with Crippen LogP contribution in [0, 0.1) is 6.08 Å². The Morgan fingerprint density at radius 1 is 0.550 bits per heavy atom. The molecule has 60 heavy (non-hydrogen) atoms. The van der Waals surface area contributed by atoms with Gasteiger partial charge in [-0.05, 0) is 68.5 Å². The smallest absolute Gasteiger partial charge is 0.109 e. The maximum atomic E-state index is 6.20. The molecule has 0 aromatic heterocycles. The molecule has 0 saturated heterocycles. The van der Waals surface area contributed by atoms with Gasteiger partial charge in [-0.15, -0.1) is 46.2 Å². The van der Waals surface area contributed by atoms with Gasteiger partial charge in [0.1, 0.15) is 0 Å². The van der Waals surface area contributed by atoms with Crippen LogP contribution in [0.5, 0.6) is 0 Å². The van der Waals surface area contributed by atoms with Crippen LogP contribution in [-0.4, -0.2) is 3.21 Å². The number of hydrogen-bond donors (Lipinski definition) is 0. The Bertz CT molecular complexity index is 2390. The number of halogens is 6. The van der Waals surface area contributed by atoms with Crippen molar-refractivity contribution in [2.75, 3.05) is 0 Å². The van der Waals surface area contributed by atoms with E-state index in [4.69, 9.17) is 46.4 Å². The van der Waals surface area contributed by atoms with Crippen LogP contribution < -0.4 is 24.8 Å². The van der Waals surface area contributed by atoms with Crippen molar-refractivity contribution in [1.29, 1.82) is 0 Å². The molecule has 308 valence electrons. The summed E-state index contributed by atoms with van der Waals surface area (Å²) in [6.07, 6.45) is 12.1. The molecule has 7 aromatic carbocycles. The molecule has 7 heteroatoms. The monoisotopic (exact) mass is 984 g/mol. The van der Waals surface area contributed by atoms with Gasteiger partial charge in [-0.25, -0.2) is 12.2 Å². The molecule has 0 saturated carbocycles. The second-order valence-electron chi connectivity index (χ2n) is 16.8. The summed E-state index contributed by atoms with van der Waals surface area (Å²) in [6.45, 7) is 13.7. The molecule has 1 aliphatic rings. The fourth-order valence-electron chi connectivity index (χ4n) is 7.18. The Kier molecular flexibility index (Phi) is 18.3. The quantitative estimate of drug-likeness (QED) is 0.146. The number of hydrogen-bond acceptors (Lipinski definition) is 0. The van der Waals surface area contributed by atoms with E-state index < -0.39 is 0 Å². The number of allylic oxidation sites excluding steroid dienone is 4. The molecule has 7 aromatic rings. The third-order valence-electron chi connectivity index (χ3n) is 10.2. The summed E-state index contributed by atoms with van der Waals surface area (Å²) in [7, 11) is 0. The zero-order chi connectivity index (χ0) is 41.6. The minimum atomic E-state index is 0. The van der Waals surface area contributed by atoms with E-state index in [1.165, 1.54) is 93.5 Å². The summed E-state index contributed by atoms with van der Waals surface area (Å²) in [5, 5.41) is 8.28. The summed E-state index contributed by atoms with van der Waals surface area (Å²) in [5.41, 5.74) is 10.3. The predicted octanol–water partition coefficient (Wildman–Crippen LogP) is 10.8. The molecule has 0 fully saturated rings. The largest absolute Gasteiger partial charge is 1.00 e. The summed E-state index contributed by atoms with van der Waals surface area (Å²) >= 11 is 25.6. The molecule has 0 spiro atoms. The van der Waals surface area contributed by atoms with E-state index in [0.29, 0.717) is 0 Å². The van der Waals surface area contributed by atoms with Crippen LogP contribution in [0.4, 0.5) is 0 Å². The summed E-state index contributed by atoms with van der Waals surface area (Å²) in [4.78, 5) is 0. The maximum absolute atomic E-state index is 6.20. The van der Waals surface area contributed by atoms with Gasteiger partial charge < -0.3 is 24.8 Å². The average molecular weight is 989 g/mol. The van der Waals surface area contributed by atoms with Crippen molar-refractivity contribution in [3.8, 4) is 22.3 Å². The van der Waals surface area contributed by atoms with Crippen molar-refractivity contribution >= 4 is 71.2 Å². The van der Waals surface area contributed by atoms with Gasteiger partial charge in [0, 0.05) is 10.0 Å². The van der Waals surface area contributed by atoms with E-state index in [0.717, 1.165) is 39.4 Å². The molecule has 0 amide bonds. The fourth-order valence-corrected chi connectivity index (χ4v) is 8.69.